The van der Waals surface area contributed by atoms with E-state index in [9.17, 15) is 22.8 Å². The van der Waals surface area contributed by atoms with Gasteiger partial charge >= 0.3 is 12.1 Å². The van der Waals surface area contributed by atoms with E-state index in [-0.39, 0.29) is 28.1 Å². The normalized spacial score (nSPS) is 15.1. The zero-order valence-corrected chi connectivity index (χ0v) is 25.5. The van der Waals surface area contributed by atoms with Crippen LogP contribution in [-0.2, 0) is 16.1 Å². The Labute approximate surface area is 263 Å². The number of alkyl halides is 3. The highest BCUT2D eigenvalue weighted by molar-refractivity contribution is 7.07. The Kier molecular flexibility index (Phi) is 9.19. The van der Waals surface area contributed by atoms with E-state index in [1.54, 1.807) is 30.3 Å². The van der Waals surface area contributed by atoms with Crippen LogP contribution < -0.4 is 24.4 Å². The van der Waals surface area contributed by atoms with Gasteiger partial charge in [-0.3, -0.25) is 9.36 Å². The number of carbonyl (C=O) groups is 1. The lowest BCUT2D eigenvalue weighted by molar-refractivity contribution is -0.140. The van der Waals surface area contributed by atoms with Crippen molar-refractivity contribution in [2.45, 2.75) is 25.7 Å². The summed E-state index contributed by atoms with van der Waals surface area (Å²) in [6.45, 7) is 1.52. The number of hydrogen-bond acceptors (Lipinski definition) is 7. The molecule has 228 valence electrons. The number of ether oxygens (including phenoxy) is 3. The van der Waals surface area contributed by atoms with E-state index in [2.05, 4.69) is 4.99 Å². The lowest BCUT2D eigenvalue weighted by atomic mass is 9.95. The number of allylic oxidation sites excluding steroid dienone is 1. The number of aromatic nitrogens is 1. The van der Waals surface area contributed by atoms with Gasteiger partial charge in [0.2, 0.25) is 0 Å². The van der Waals surface area contributed by atoms with Gasteiger partial charge in [0.05, 0.1) is 29.9 Å². The topological polar surface area (TPSA) is 79.1 Å². The molecule has 0 saturated heterocycles. The van der Waals surface area contributed by atoms with Gasteiger partial charge in [-0.15, -0.1) is 0 Å². The molecule has 2 heterocycles. The van der Waals surface area contributed by atoms with Gasteiger partial charge in [0.25, 0.3) is 5.56 Å². The van der Waals surface area contributed by atoms with Crippen LogP contribution in [0.3, 0.4) is 0 Å². The average molecular weight is 664 g/mol. The van der Waals surface area contributed by atoms with Crippen molar-refractivity contribution >= 4 is 46.6 Å². The van der Waals surface area contributed by atoms with Crippen LogP contribution in [0.1, 0.15) is 29.7 Å². The molecule has 0 saturated carbocycles. The molecule has 1 aromatic heterocycles. The van der Waals surface area contributed by atoms with E-state index in [0.29, 0.717) is 27.1 Å². The molecule has 1 atom stereocenters. The molecule has 0 radical (unpaired) electrons. The summed E-state index contributed by atoms with van der Waals surface area (Å²) < 4.78 is 60.4. The Morgan fingerprint density at radius 2 is 1.80 bits per heavy atom. The molecule has 3 aromatic carbocycles. The molecule has 0 spiro atoms. The van der Waals surface area contributed by atoms with Crippen molar-refractivity contribution < 1.29 is 32.2 Å². The molecule has 44 heavy (non-hydrogen) atoms. The molecular weight excluding hydrogens is 640 g/mol. The van der Waals surface area contributed by atoms with Crippen LogP contribution in [0.15, 0.2) is 87.8 Å². The molecule has 5 rings (SSSR count). The summed E-state index contributed by atoms with van der Waals surface area (Å²) >= 11 is 12.8. The zero-order valence-electron chi connectivity index (χ0n) is 23.2. The third-order valence-electron chi connectivity index (χ3n) is 6.55. The van der Waals surface area contributed by atoms with Crippen molar-refractivity contribution in [2.75, 3.05) is 13.7 Å². The Morgan fingerprint density at radius 3 is 2.45 bits per heavy atom. The molecule has 0 N–H and O–H groups in total. The maximum absolute atomic E-state index is 14.3. The minimum absolute atomic E-state index is 0.0870. The average Bonchev–Trinajstić information content (AvgIpc) is 3.30. The maximum atomic E-state index is 14.3. The molecule has 0 fully saturated rings. The first kappa shape index (κ1) is 31.4. The molecule has 7 nitrogen and oxygen atoms in total. The van der Waals surface area contributed by atoms with Crippen molar-refractivity contribution in [1.82, 2.24) is 4.57 Å². The van der Waals surface area contributed by atoms with E-state index in [4.69, 9.17) is 37.4 Å². The maximum Gasteiger partial charge on any atom is 0.434 e. The number of rotatable bonds is 8. The van der Waals surface area contributed by atoms with Crippen molar-refractivity contribution in [3.8, 4) is 11.5 Å². The van der Waals surface area contributed by atoms with E-state index >= 15 is 0 Å². The molecule has 1 aliphatic rings. The summed E-state index contributed by atoms with van der Waals surface area (Å²) in [6.07, 6.45) is -3.50. The summed E-state index contributed by atoms with van der Waals surface area (Å²) in [5.41, 5.74) is -1.26. The number of hydrogen-bond donors (Lipinski definition) is 0. The molecular formula is C31H23Cl2F3N2O5S. The molecule has 4 aromatic rings. The van der Waals surface area contributed by atoms with E-state index in [1.807, 2.05) is 12.1 Å². The van der Waals surface area contributed by atoms with Crippen LogP contribution in [0, 0.1) is 0 Å². The number of halogens is 5. The summed E-state index contributed by atoms with van der Waals surface area (Å²) in [6, 6.07) is 16.5. The smallest absolute Gasteiger partial charge is 0.434 e. The fraction of sp³-hybridized carbons (Fsp3) is 0.194. The highest BCUT2D eigenvalue weighted by Gasteiger charge is 2.45. The lowest BCUT2D eigenvalue weighted by Gasteiger charge is -2.26. The second-order valence-corrected chi connectivity index (χ2v) is 11.3. The standard InChI is InChI=1S/C31H23Cl2F3N2O5S/c1-3-42-29(40)25-26(19-8-10-20(32)11-9-19)38-28(39)24(44-30(38)37-27(25)31(34,35)36)15-17-7-12-22(23(14-17)41-2)43-16-18-5-4-6-21(33)13-18/h4-15,26H,3,16H2,1-2H3/b24-15-/t26-/m1/s1. The Hall–Kier alpha value is -4.06. The lowest BCUT2D eigenvalue weighted by Crippen LogP contribution is -2.41. The number of fused-ring (bicyclic) bond motifs is 1. The number of carbonyl (C=O) groups excluding carboxylic acids is 1. The van der Waals surface area contributed by atoms with Gasteiger partial charge in [0.15, 0.2) is 22.0 Å². The molecule has 0 amide bonds. The van der Waals surface area contributed by atoms with Gasteiger partial charge in [-0.1, -0.05) is 64.9 Å². The third kappa shape index (κ3) is 6.54. The number of nitrogens with zero attached hydrogens (tertiary/aromatic N) is 2. The van der Waals surface area contributed by atoms with Crippen LogP contribution >= 0.6 is 34.5 Å². The summed E-state index contributed by atoms with van der Waals surface area (Å²) in [5, 5.41) is 0.901. The van der Waals surface area contributed by atoms with Crippen LogP contribution in [0.2, 0.25) is 10.0 Å². The first-order valence-corrected chi connectivity index (χ1v) is 14.7. The first-order chi connectivity index (χ1) is 21.0. The van der Waals surface area contributed by atoms with Crippen molar-refractivity contribution in [1.29, 1.82) is 0 Å². The van der Waals surface area contributed by atoms with Crippen LogP contribution in [0.25, 0.3) is 6.08 Å². The Morgan fingerprint density at radius 1 is 1.05 bits per heavy atom. The number of methoxy groups -OCH3 is 1. The summed E-state index contributed by atoms with van der Waals surface area (Å²) in [4.78, 5) is 30.3. The second-order valence-electron chi connectivity index (χ2n) is 9.44. The quantitative estimate of drug-likeness (QED) is 0.209. The minimum atomic E-state index is -5.00. The minimum Gasteiger partial charge on any atom is -0.493 e. The molecule has 1 aliphatic heterocycles. The van der Waals surface area contributed by atoms with E-state index in [1.165, 1.54) is 44.4 Å². The van der Waals surface area contributed by atoms with Gasteiger partial charge in [0.1, 0.15) is 6.61 Å². The summed E-state index contributed by atoms with van der Waals surface area (Å²) in [7, 11) is 1.46. The fourth-order valence-corrected chi connectivity index (χ4v) is 5.97. The highest BCUT2D eigenvalue weighted by Crippen LogP contribution is 2.38. The Bertz CT molecular complexity index is 1940. The van der Waals surface area contributed by atoms with Crippen molar-refractivity contribution in [2.24, 2.45) is 4.99 Å². The van der Waals surface area contributed by atoms with Gasteiger partial charge in [-0.05, 0) is 66.1 Å². The second kappa shape index (κ2) is 12.9. The molecule has 0 aliphatic carbocycles. The molecule has 0 bridgehead atoms. The third-order valence-corrected chi connectivity index (χ3v) is 8.02. The van der Waals surface area contributed by atoms with Gasteiger partial charge in [-0.2, -0.15) is 13.2 Å². The van der Waals surface area contributed by atoms with Crippen LogP contribution in [0.5, 0.6) is 11.5 Å². The van der Waals surface area contributed by atoms with Crippen molar-refractivity contribution in [3.63, 3.8) is 0 Å². The number of esters is 1. The number of benzene rings is 3. The number of thiazole rings is 1. The molecule has 0 unspecified atom stereocenters. The molecule has 13 heteroatoms. The van der Waals surface area contributed by atoms with Gasteiger partial charge < -0.3 is 14.2 Å². The fourth-order valence-electron chi connectivity index (χ4n) is 4.63. The van der Waals surface area contributed by atoms with Gasteiger partial charge in [0, 0.05) is 10.0 Å². The van der Waals surface area contributed by atoms with Gasteiger partial charge in [-0.25, -0.2) is 9.79 Å². The highest BCUT2D eigenvalue weighted by atomic mass is 35.5. The van der Waals surface area contributed by atoms with Crippen molar-refractivity contribution in [3.05, 3.63) is 124 Å². The van der Waals surface area contributed by atoms with E-state index in [0.717, 1.165) is 21.5 Å². The predicted molar refractivity (Wildman–Crippen MR) is 161 cm³/mol. The van der Waals surface area contributed by atoms with Crippen LogP contribution in [-0.4, -0.2) is 30.4 Å². The largest absolute Gasteiger partial charge is 0.493 e. The SMILES string of the molecule is CCOC(=O)C1=C(C(F)(F)F)N=c2s/c(=C\c3ccc(OCc4cccc(Cl)c4)c(OC)c3)c(=O)n2[C@@H]1c1ccc(Cl)cc1. The zero-order chi connectivity index (χ0) is 31.6. The van der Waals surface area contributed by atoms with Crippen LogP contribution in [0.4, 0.5) is 13.2 Å². The monoisotopic (exact) mass is 662 g/mol. The summed E-state index contributed by atoms with van der Waals surface area (Å²) in [5.74, 6) is -0.421. The van der Waals surface area contributed by atoms with E-state index < -0.39 is 35.0 Å². The predicted octanol–water partition coefficient (Wildman–Crippen LogP) is 6.24. The Balaban J connectivity index is 1.61. The first-order valence-electron chi connectivity index (χ1n) is 13.1.